The molecule has 0 N–H and O–H groups in total. The van der Waals surface area contributed by atoms with Crippen molar-refractivity contribution in [2.24, 2.45) is 5.92 Å². The van der Waals surface area contributed by atoms with Gasteiger partial charge in [0.15, 0.2) is 0 Å². The number of rotatable bonds is 9. The lowest BCUT2D eigenvalue weighted by Gasteiger charge is -2.07. The monoisotopic (exact) mass is 310 g/mol. The van der Waals surface area contributed by atoms with Gasteiger partial charge in [-0.1, -0.05) is 52.7 Å². The van der Waals surface area contributed by atoms with Crippen LogP contribution in [0, 0.1) is 5.92 Å². The number of thioether (sulfide) groups is 1. The number of ether oxygens (including phenoxy) is 1. The second-order valence-electron chi connectivity index (χ2n) is 5.75. The summed E-state index contributed by atoms with van der Waals surface area (Å²) in [6, 6.07) is 8.78. The molecule has 0 unspecified atom stereocenters. The standard InChI is InChI=1S/C15H24OS.C4H10/c1-13(2)9-11-16-10-5-7-14-6-4-8-15(12-14)17-3;1-3-4-2/h4,6,8,12-13H,5,7,9-11H2,1-3H3;3-4H2,1-2H3. The van der Waals surface area contributed by atoms with Crippen LogP contribution < -0.4 is 0 Å². The highest BCUT2D eigenvalue weighted by atomic mass is 32.2. The molecule has 0 spiro atoms. The van der Waals surface area contributed by atoms with Crippen LogP contribution in [0.25, 0.3) is 0 Å². The summed E-state index contributed by atoms with van der Waals surface area (Å²) in [4.78, 5) is 1.35. The molecule has 0 fully saturated rings. The third kappa shape index (κ3) is 12.9. The predicted octanol–water partition coefficient (Wildman–Crippen LogP) is 6.21. The molecule has 0 heterocycles. The van der Waals surface area contributed by atoms with E-state index in [9.17, 15) is 0 Å². The van der Waals surface area contributed by atoms with Crippen LogP contribution in [0.3, 0.4) is 0 Å². The third-order valence-corrected chi connectivity index (χ3v) is 3.95. The van der Waals surface area contributed by atoms with Crippen LogP contribution >= 0.6 is 11.8 Å². The number of hydrogen-bond acceptors (Lipinski definition) is 2. The van der Waals surface area contributed by atoms with Crippen molar-refractivity contribution in [1.29, 1.82) is 0 Å². The van der Waals surface area contributed by atoms with Crippen molar-refractivity contribution < 1.29 is 4.74 Å². The summed E-state index contributed by atoms with van der Waals surface area (Å²) in [5, 5.41) is 0. The summed E-state index contributed by atoms with van der Waals surface area (Å²) in [7, 11) is 0. The van der Waals surface area contributed by atoms with Gasteiger partial charge in [-0.05, 0) is 49.1 Å². The average Bonchev–Trinajstić information content (AvgIpc) is 2.51. The zero-order valence-electron chi connectivity index (χ0n) is 14.7. The molecule has 21 heavy (non-hydrogen) atoms. The fourth-order valence-corrected chi connectivity index (χ4v) is 2.11. The van der Waals surface area contributed by atoms with Crippen LogP contribution in [-0.4, -0.2) is 19.5 Å². The van der Waals surface area contributed by atoms with E-state index in [-0.39, 0.29) is 0 Å². The van der Waals surface area contributed by atoms with Crippen molar-refractivity contribution in [3.05, 3.63) is 29.8 Å². The lowest BCUT2D eigenvalue weighted by Crippen LogP contribution is -2.01. The fourth-order valence-electron chi connectivity index (χ4n) is 1.63. The first kappa shape index (κ1) is 20.5. The van der Waals surface area contributed by atoms with Crippen molar-refractivity contribution in [3.8, 4) is 0 Å². The second-order valence-corrected chi connectivity index (χ2v) is 6.63. The van der Waals surface area contributed by atoms with Crippen LogP contribution in [0.1, 0.15) is 58.9 Å². The smallest absolute Gasteiger partial charge is 0.0469 e. The van der Waals surface area contributed by atoms with E-state index in [1.807, 2.05) is 0 Å². The number of hydrogen-bond donors (Lipinski definition) is 0. The molecule has 0 aliphatic heterocycles. The maximum Gasteiger partial charge on any atom is 0.0469 e. The zero-order chi connectivity index (χ0) is 15.9. The van der Waals surface area contributed by atoms with Gasteiger partial charge in [0, 0.05) is 18.1 Å². The summed E-state index contributed by atoms with van der Waals surface area (Å²) < 4.78 is 5.62. The molecular weight excluding hydrogens is 276 g/mol. The third-order valence-electron chi connectivity index (χ3n) is 3.23. The van der Waals surface area contributed by atoms with E-state index in [0.717, 1.165) is 32.0 Å². The quantitative estimate of drug-likeness (QED) is 0.396. The van der Waals surface area contributed by atoms with Crippen molar-refractivity contribution in [2.75, 3.05) is 19.5 Å². The van der Waals surface area contributed by atoms with Crippen LogP contribution in [0.4, 0.5) is 0 Å². The second kappa shape index (κ2) is 14.5. The highest BCUT2D eigenvalue weighted by Crippen LogP contribution is 2.16. The van der Waals surface area contributed by atoms with E-state index in [1.165, 1.54) is 29.7 Å². The van der Waals surface area contributed by atoms with Gasteiger partial charge in [0.25, 0.3) is 0 Å². The Kier molecular flexibility index (Phi) is 14.1. The highest BCUT2D eigenvalue weighted by Gasteiger charge is 1.97. The highest BCUT2D eigenvalue weighted by molar-refractivity contribution is 7.98. The molecule has 1 aromatic carbocycles. The number of benzene rings is 1. The topological polar surface area (TPSA) is 9.23 Å². The van der Waals surface area contributed by atoms with Crippen molar-refractivity contribution in [1.82, 2.24) is 0 Å². The molecule has 0 amide bonds. The Labute approximate surface area is 136 Å². The van der Waals surface area contributed by atoms with Gasteiger partial charge in [0.05, 0.1) is 0 Å². The summed E-state index contributed by atoms with van der Waals surface area (Å²) in [5.41, 5.74) is 1.42. The first-order chi connectivity index (χ1) is 10.1. The lowest BCUT2D eigenvalue weighted by atomic mass is 10.1. The number of unbranched alkanes of at least 4 members (excludes halogenated alkanes) is 1. The molecule has 0 bridgehead atoms. The SMILES string of the molecule is CCCC.CSc1cccc(CCCOCCC(C)C)c1. The minimum absolute atomic E-state index is 0.744. The summed E-state index contributed by atoms with van der Waals surface area (Å²) in [6.07, 6.45) is 8.17. The van der Waals surface area contributed by atoms with Gasteiger partial charge < -0.3 is 4.74 Å². The molecule has 0 aromatic heterocycles. The first-order valence-electron chi connectivity index (χ1n) is 8.34. The first-order valence-corrected chi connectivity index (χ1v) is 9.57. The Bertz CT molecular complexity index is 334. The van der Waals surface area contributed by atoms with Crippen LogP contribution in [0.5, 0.6) is 0 Å². The minimum atomic E-state index is 0.744. The van der Waals surface area contributed by atoms with Crippen molar-refractivity contribution >= 4 is 11.8 Å². The Hall–Kier alpha value is -0.470. The molecule has 122 valence electrons. The number of aryl methyl sites for hydroxylation is 1. The molecule has 2 heteroatoms. The lowest BCUT2D eigenvalue weighted by molar-refractivity contribution is 0.121. The molecule has 1 aromatic rings. The maximum atomic E-state index is 5.62. The van der Waals surface area contributed by atoms with Crippen LogP contribution in [-0.2, 0) is 11.2 Å². The van der Waals surface area contributed by atoms with Gasteiger partial charge in [-0.25, -0.2) is 0 Å². The molecule has 0 aliphatic rings. The Morgan fingerprint density at radius 2 is 1.81 bits per heavy atom. The molecule has 0 saturated heterocycles. The summed E-state index contributed by atoms with van der Waals surface area (Å²) >= 11 is 1.80. The van der Waals surface area contributed by atoms with Gasteiger partial charge >= 0.3 is 0 Å². The molecular formula is C19H34OS. The normalized spacial score (nSPS) is 10.4. The Morgan fingerprint density at radius 3 is 2.38 bits per heavy atom. The van der Waals surface area contributed by atoms with Gasteiger partial charge in [0.1, 0.15) is 0 Å². The van der Waals surface area contributed by atoms with Gasteiger partial charge in [-0.3, -0.25) is 0 Å². The van der Waals surface area contributed by atoms with E-state index in [2.05, 4.69) is 58.2 Å². The molecule has 0 atom stereocenters. The molecule has 0 saturated carbocycles. The van der Waals surface area contributed by atoms with E-state index >= 15 is 0 Å². The summed E-state index contributed by atoms with van der Waals surface area (Å²) in [5.74, 6) is 0.744. The zero-order valence-corrected chi connectivity index (χ0v) is 15.5. The van der Waals surface area contributed by atoms with E-state index in [0.29, 0.717) is 0 Å². The van der Waals surface area contributed by atoms with Gasteiger partial charge in [-0.15, -0.1) is 11.8 Å². The van der Waals surface area contributed by atoms with Crippen molar-refractivity contribution in [3.63, 3.8) is 0 Å². The van der Waals surface area contributed by atoms with E-state index < -0.39 is 0 Å². The predicted molar refractivity (Wildman–Crippen MR) is 97.4 cm³/mol. The molecule has 1 nitrogen and oxygen atoms in total. The van der Waals surface area contributed by atoms with Gasteiger partial charge in [-0.2, -0.15) is 0 Å². The van der Waals surface area contributed by atoms with Crippen LogP contribution in [0.15, 0.2) is 29.2 Å². The Morgan fingerprint density at radius 1 is 1.10 bits per heavy atom. The Balaban J connectivity index is 0.000000885. The fraction of sp³-hybridized carbons (Fsp3) is 0.684. The average molecular weight is 311 g/mol. The van der Waals surface area contributed by atoms with Gasteiger partial charge in [0.2, 0.25) is 0 Å². The summed E-state index contributed by atoms with van der Waals surface area (Å²) in [6.45, 7) is 10.6. The van der Waals surface area contributed by atoms with E-state index in [1.54, 1.807) is 11.8 Å². The molecule has 1 rings (SSSR count). The largest absolute Gasteiger partial charge is 0.381 e. The van der Waals surface area contributed by atoms with E-state index in [4.69, 9.17) is 4.74 Å². The molecule has 0 radical (unpaired) electrons. The molecule has 0 aliphatic carbocycles. The van der Waals surface area contributed by atoms with Crippen molar-refractivity contribution in [2.45, 2.75) is 64.7 Å². The minimum Gasteiger partial charge on any atom is -0.381 e. The van der Waals surface area contributed by atoms with Crippen LogP contribution in [0.2, 0.25) is 0 Å². The maximum absolute atomic E-state index is 5.62.